The highest BCUT2D eigenvalue weighted by Gasteiger charge is 2.24. The topological polar surface area (TPSA) is 38.5 Å². The molecule has 1 fully saturated rings. The lowest BCUT2D eigenvalue weighted by molar-refractivity contribution is 0.314. The van der Waals surface area contributed by atoms with Crippen molar-refractivity contribution in [2.45, 2.75) is 45.7 Å². The molecule has 0 aromatic carbocycles. The Morgan fingerprint density at radius 2 is 2.25 bits per heavy atom. The number of fused-ring (bicyclic) bond motifs is 1. The predicted octanol–water partition coefficient (Wildman–Crippen LogP) is 2.95. The number of rotatable bonds is 2. The normalized spacial score (nSPS) is 16.9. The van der Waals surface area contributed by atoms with Crippen LogP contribution < -0.4 is 0 Å². The number of aryl methyl sites for hydroxylation is 2. The second kappa shape index (κ2) is 3.45. The highest BCUT2D eigenvalue weighted by Crippen LogP contribution is 2.34. The largest absolute Gasteiger partial charge is 0.328 e. The summed E-state index contributed by atoms with van der Waals surface area (Å²) in [7, 11) is 0. The molecule has 0 unspecified atom stereocenters. The standard InChI is InChI=1S/C11H16N4S/c1-3-14-10-9(7(2)13-14)12-11(16)15(10)8-5-4-6-8/h8H,3-6H2,1-2H3,(H,12,16). The van der Waals surface area contributed by atoms with Crippen molar-refractivity contribution >= 4 is 23.4 Å². The zero-order valence-corrected chi connectivity index (χ0v) is 10.5. The van der Waals surface area contributed by atoms with Crippen LogP contribution in [0.15, 0.2) is 0 Å². The molecule has 4 nitrogen and oxygen atoms in total. The zero-order valence-electron chi connectivity index (χ0n) is 9.66. The monoisotopic (exact) mass is 236 g/mol. The summed E-state index contributed by atoms with van der Waals surface area (Å²) >= 11 is 5.42. The van der Waals surface area contributed by atoms with E-state index < -0.39 is 0 Å². The molecule has 16 heavy (non-hydrogen) atoms. The summed E-state index contributed by atoms with van der Waals surface area (Å²) in [5.41, 5.74) is 3.33. The molecule has 86 valence electrons. The fourth-order valence-electron chi connectivity index (χ4n) is 2.43. The maximum absolute atomic E-state index is 5.42. The van der Waals surface area contributed by atoms with Crippen LogP contribution in [0.25, 0.3) is 11.2 Å². The highest BCUT2D eigenvalue weighted by molar-refractivity contribution is 7.71. The van der Waals surface area contributed by atoms with Gasteiger partial charge < -0.3 is 4.98 Å². The van der Waals surface area contributed by atoms with E-state index >= 15 is 0 Å². The molecule has 0 spiro atoms. The summed E-state index contributed by atoms with van der Waals surface area (Å²) < 4.78 is 5.16. The average molecular weight is 236 g/mol. The van der Waals surface area contributed by atoms with Crippen molar-refractivity contribution in [2.75, 3.05) is 0 Å². The van der Waals surface area contributed by atoms with Crippen molar-refractivity contribution in [2.24, 2.45) is 0 Å². The molecule has 0 atom stereocenters. The van der Waals surface area contributed by atoms with Crippen molar-refractivity contribution in [3.8, 4) is 0 Å². The van der Waals surface area contributed by atoms with Gasteiger partial charge in [-0.25, -0.2) is 4.68 Å². The minimum Gasteiger partial charge on any atom is -0.328 e. The third-order valence-corrected chi connectivity index (χ3v) is 3.82. The minimum absolute atomic E-state index is 0.586. The van der Waals surface area contributed by atoms with Crippen LogP contribution in [0, 0.1) is 11.7 Å². The van der Waals surface area contributed by atoms with Crippen molar-refractivity contribution in [1.29, 1.82) is 0 Å². The Hall–Kier alpha value is -1.10. The van der Waals surface area contributed by atoms with Gasteiger partial charge in [0.1, 0.15) is 5.52 Å². The molecule has 0 radical (unpaired) electrons. The first-order valence-electron chi connectivity index (χ1n) is 5.90. The molecule has 0 amide bonds. The van der Waals surface area contributed by atoms with Gasteiger partial charge in [-0.2, -0.15) is 5.10 Å². The van der Waals surface area contributed by atoms with Gasteiger partial charge in [0.25, 0.3) is 0 Å². The van der Waals surface area contributed by atoms with E-state index in [9.17, 15) is 0 Å². The number of H-pyrrole nitrogens is 1. The van der Waals surface area contributed by atoms with Gasteiger partial charge in [0.2, 0.25) is 0 Å². The fourth-order valence-corrected chi connectivity index (χ4v) is 2.77. The van der Waals surface area contributed by atoms with E-state index in [0.717, 1.165) is 22.5 Å². The van der Waals surface area contributed by atoms with E-state index in [1.807, 2.05) is 6.92 Å². The molecular weight excluding hydrogens is 220 g/mol. The minimum atomic E-state index is 0.586. The first-order valence-corrected chi connectivity index (χ1v) is 6.30. The lowest BCUT2D eigenvalue weighted by atomic mass is 9.93. The molecule has 2 aromatic heterocycles. The van der Waals surface area contributed by atoms with E-state index in [0.29, 0.717) is 6.04 Å². The molecule has 0 saturated heterocycles. The van der Waals surface area contributed by atoms with Crippen molar-refractivity contribution in [3.05, 3.63) is 10.5 Å². The first-order chi connectivity index (χ1) is 7.72. The van der Waals surface area contributed by atoms with Crippen LogP contribution in [0.5, 0.6) is 0 Å². The molecule has 5 heteroatoms. The van der Waals surface area contributed by atoms with Crippen LogP contribution in [-0.4, -0.2) is 19.3 Å². The van der Waals surface area contributed by atoms with E-state index in [-0.39, 0.29) is 0 Å². The third-order valence-electron chi connectivity index (χ3n) is 3.52. The number of nitrogens with one attached hydrogen (secondary N) is 1. The number of aromatic amines is 1. The maximum Gasteiger partial charge on any atom is 0.179 e. The molecule has 1 N–H and O–H groups in total. The maximum atomic E-state index is 5.42. The van der Waals surface area contributed by atoms with Crippen LogP contribution in [0.4, 0.5) is 0 Å². The fraction of sp³-hybridized carbons (Fsp3) is 0.636. The van der Waals surface area contributed by atoms with Crippen molar-refractivity contribution < 1.29 is 0 Å². The Kier molecular flexibility index (Phi) is 2.17. The Morgan fingerprint density at radius 3 is 2.81 bits per heavy atom. The summed E-state index contributed by atoms with van der Waals surface area (Å²) in [6, 6.07) is 0.586. The number of nitrogens with zero attached hydrogens (tertiary/aromatic N) is 3. The summed E-state index contributed by atoms with van der Waals surface area (Å²) in [5.74, 6) is 0. The Balaban J connectivity index is 2.32. The summed E-state index contributed by atoms with van der Waals surface area (Å²) in [4.78, 5) is 3.29. The molecule has 0 aliphatic heterocycles. The van der Waals surface area contributed by atoms with Gasteiger partial charge in [-0.05, 0) is 45.3 Å². The molecule has 0 bridgehead atoms. The van der Waals surface area contributed by atoms with Crippen LogP contribution in [0.2, 0.25) is 0 Å². The quantitative estimate of drug-likeness (QED) is 0.814. The zero-order chi connectivity index (χ0) is 11.3. The highest BCUT2D eigenvalue weighted by atomic mass is 32.1. The number of hydrogen-bond acceptors (Lipinski definition) is 2. The Morgan fingerprint density at radius 1 is 1.50 bits per heavy atom. The second-order valence-electron chi connectivity index (χ2n) is 4.48. The van der Waals surface area contributed by atoms with Gasteiger partial charge in [0, 0.05) is 12.6 Å². The van der Waals surface area contributed by atoms with Crippen LogP contribution >= 0.6 is 12.2 Å². The van der Waals surface area contributed by atoms with Crippen LogP contribution in [-0.2, 0) is 6.54 Å². The lowest BCUT2D eigenvalue weighted by Crippen LogP contribution is -2.18. The van der Waals surface area contributed by atoms with Gasteiger partial charge in [0.05, 0.1) is 5.69 Å². The first kappa shape index (κ1) is 10.1. The Bertz CT molecular complexity index is 585. The molecule has 2 heterocycles. The van der Waals surface area contributed by atoms with Crippen molar-refractivity contribution in [1.82, 2.24) is 19.3 Å². The SMILES string of the molecule is CCn1nc(C)c2[nH]c(=S)n(C3CCC3)c21. The van der Waals surface area contributed by atoms with Gasteiger partial charge in [-0.3, -0.25) is 4.57 Å². The number of aromatic nitrogens is 4. The van der Waals surface area contributed by atoms with E-state index in [2.05, 4.69) is 26.3 Å². The summed E-state index contributed by atoms with van der Waals surface area (Å²) in [6.07, 6.45) is 3.81. The van der Waals surface area contributed by atoms with E-state index in [1.54, 1.807) is 0 Å². The molecule has 1 saturated carbocycles. The molecule has 1 aliphatic carbocycles. The smallest absolute Gasteiger partial charge is 0.179 e. The summed E-state index contributed by atoms with van der Waals surface area (Å²) in [5, 5.41) is 4.53. The van der Waals surface area contributed by atoms with Gasteiger partial charge in [-0.1, -0.05) is 0 Å². The molecular formula is C11H16N4S. The lowest BCUT2D eigenvalue weighted by Gasteiger charge is -2.27. The number of hydrogen-bond donors (Lipinski definition) is 1. The van der Waals surface area contributed by atoms with E-state index in [1.165, 1.54) is 24.9 Å². The predicted molar refractivity (Wildman–Crippen MR) is 66.2 cm³/mol. The van der Waals surface area contributed by atoms with Crippen LogP contribution in [0.1, 0.15) is 37.9 Å². The third kappa shape index (κ3) is 1.21. The van der Waals surface area contributed by atoms with Gasteiger partial charge in [0.15, 0.2) is 10.4 Å². The number of imidazole rings is 1. The second-order valence-corrected chi connectivity index (χ2v) is 4.87. The van der Waals surface area contributed by atoms with Crippen LogP contribution in [0.3, 0.4) is 0 Å². The van der Waals surface area contributed by atoms with Gasteiger partial charge in [-0.15, -0.1) is 0 Å². The molecule has 1 aliphatic rings. The van der Waals surface area contributed by atoms with Gasteiger partial charge >= 0.3 is 0 Å². The van der Waals surface area contributed by atoms with Crippen molar-refractivity contribution in [3.63, 3.8) is 0 Å². The molecule has 2 aromatic rings. The van der Waals surface area contributed by atoms with E-state index in [4.69, 9.17) is 12.2 Å². The Labute approximate surface area is 99.3 Å². The average Bonchev–Trinajstić information content (AvgIpc) is 2.65. The summed E-state index contributed by atoms with van der Waals surface area (Å²) in [6.45, 7) is 5.04. The molecule has 3 rings (SSSR count).